The number of rotatable bonds is 5. The van der Waals surface area contributed by atoms with Crippen LogP contribution in [0.25, 0.3) is 11.6 Å². The van der Waals surface area contributed by atoms with Gasteiger partial charge in [0.1, 0.15) is 0 Å². The maximum atomic E-state index is 12.4. The van der Waals surface area contributed by atoms with E-state index in [1.165, 1.54) is 22.7 Å². The molecule has 2 aromatic heterocycles. The molecule has 0 saturated heterocycles. The molecular formula is C15H13Cl2N5O2S. The molecule has 1 atom stereocenters. The fraction of sp³-hybridized carbons (Fsp3) is 0.133. The highest BCUT2D eigenvalue weighted by atomic mass is 35.5. The molecular weight excluding hydrogens is 385 g/mol. The molecule has 0 radical (unpaired) electrons. The molecule has 1 amide bonds. The van der Waals surface area contributed by atoms with Crippen LogP contribution < -0.4 is 11.2 Å². The number of halogens is 2. The molecule has 10 heteroatoms. The molecule has 3 N–H and O–H groups in total. The predicted octanol–water partition coefficient (Wildman–Crippen LogP) is 3.68. The second-order valence-electron chi connectivity index (χ2n) is 5.03. The quantitative estimate of drug-likeness (QED) is 0.503. The van der Waals surface area contributed by atoms with Crippen molar-refractivity contribution in [1.82, 2.24) is 14.9 Å². The summed E-state index contributed by atoms with van der Waals surface area (Å²) in [5.74, 6) is 6.59. The smallest absolute Gasteiger partial charge is 0.237 e. The van der Waals surface area contributed by atoms with Crippen LogP contribution in [0.4, 0.5) is 5.69 Å². The second kappa shape index (κ2) is 7.38. The summed E-state index contributed by atoms with van der Waals surface area (Å²) >= 11 is 13.1. The van der Waals surface area contributed by atoms with Gasteiger partial charge in [-0.05, 0) is 37.3 Å². The highest BCUT2D eigenvalue weighted by Gasteiger charge is 2.21. The van der Waals surface area contributed by atoms with Crippen LogP contribution in [0, 0.1) is 0 Å². The second-order valence-corrected chi connectivity index (χ2v) is 7.18. The molecule has 3 aromatic rings. The lowest BCUT2D eigenvalue weighted by Gasteiger charge is -2.12. The van der Waals surface area contributed by atoms with Crippen LogP contribution in [-0.2, 0) is 4.79 Å². The van der Waals surface area contributed by atoms with E-state index in [1.54, 1.807) is 37.3 Å². The topological polar surface area (TPSA) is 99.0 Å². The lowest BCUT2D eigenvalue weighted by Crippen LogP contribution is -2.23. The van der Waals surface area contributed by atoms with Crippen molar-refractivity contribution in [2.75, 3.05) is 11.2 Å². The van der Waals surface area contributed by atoms with Gasteiger partial charge in [-0.15, -0.1) is 10.2 Å². The van der Waals surface area contributed by atoms with Gasteiger partial charge in [0.25, 0.3) is 0 Å². The predicted molar refractivity (Wildman–Crippen MR) is 98.3 cm³/mol. The lowest BCUT2D eigenvalue weighted by atomic mass is 10.3. The van der Waals surface area contributed by atoms with Crippen molar-refractivity contribution in [3.05, 3.63) is 46.6 Å². The first-order valence-electron chi connectivity index (χ1n) is 7.12. The third kappa shape index (κ3) is 3.92. The Bertz CT molecular complexity index is 897. The van der Waals surface area contributed by atoms with Crippen LogP contribution in [0.2, 0.25) is 10.0 Å². The molecule has 0 aliphatic carbocycles. The number of amides is 1. The number of aromatic nitrogens is 3. The Morgan fingerprint density at radius 1 is 1.36 bits per heavy atom. The van der Waals surface area contributed by atoms with Gasteiger partial charge in [0.05, 0.1) is 22.2 Å². The number of benzene rings is 1. The SMILES string of the molecule is C[C@@H](Sc1nnc(-c2ccco2)n1N)C(=O)Nc1ccc(Cl)cc1Cl. The van der Waals surface area contributed by atoms with Crippen molar-refractivity contribution < 1.29 is 9.21 Å². The largest absolute Gasteiger partial charge is 0.461 e. The standard InChI is InChI=1S/C15H13Cl2N5O2S/c1-8(14(23)19-11-5-4-9(16)7-10(11)17)25-15-21-20-13(22(15)18)12-3-2-6-24-12/h2-8H,18H2,1H3,(H,19,23)/t8-/m1/s1. The van der Waals surface area contributed by atoms with Crippen molar-refractivity contribution in [2.24, 2.45) is 0 Å². The minimum Gasteiger partial charge on any atom is -0.461 e. The Morgan fingerprint density at radius 2 is 2.16 bits per heavy atom. The summed E-state index contributed by atoms with van der Waals surface area (Å²) in [6, 6.07) is 8.29. The molecule has 25 heavy (non-hydrogen) atoms. The monoisotopic (exact) mass is 397 g/mol. The molecule has 0 aliphatic rings. The van der Waals surface area contributed by atoms with Crippen LogP contribution in [0.5, 0.6) is 0 Å². The number of nitrogens with zero attached hydrogens (tertiary/aromatic N) is 3. The Hall–Kier alpha value is -2.16. The summed E-state index contributed by atoms with van der Waals surface area (Å²) in [5.41, 5.74) is 0.481. The molecule has 130 valence electrons. The Balaban J connectivity index is 1.69. The first-order chi connectivity index (χ1) is 12.0. The van der Waals surface area contributed by atoms with E-state index < -0.39 is 5.25 Å². The zero-order valence-corrected chi connectivity index (χ0v) is 15.3. The van der Waals surface area contributed by atoms with Gasteiger partial charge >= 0.3 is 0 Å². The molecule has 1 aromatic carbocycles. The summed E-state index contributed by atoms with van der Waals surface area (Å²) < 4.78 is 6.53. The highest BCUT2D eigenvalue weighted by Crippen LogP contribution is 2.28. The molecule has 0 aliphatic heterocycles. The molecule has 7 nitrogen and oxygen atoms in total. The number of anilines is 1. The van der Waals surface area contributed by atoms with E-state index in [4.69, 9.17) is 33.5 Å². The maximum Gasteiger partial charge on any atom is 0.237 e. The first-order valence-corrected chi connectivity index (χ1v) is 8.76. The minimum absolute atomic E-state index is 0.253. The molecule has 0 bridgehead atoms. The third-order valence-electron chi connectivity index (χ3n) is 3.25. The van der Waals surface area contributed by atoms with Gasteiger partial charge in [0, 0.05) is 5.02 Å². The number of hydrogen-bond acceptors (Lipinski definition) is 6. The average molecular weight is 398 g/mol. The zero-order valence-electron chi connectivity index (χ0n) is 12.9. The van der Waals surface area contributed by atoms with Gasteiger partial charge in [0.2, 0.25) is 16.9 Å². The van der Waals surface area contributed by atoms with Crippen LogP contribution in [0.15, 0.2) is 46.2 Å². The average Bonchev–Trinajstić information content (AvgIpc) is 3.20. The number of nitrogens with one attached hydrogen (secondary N) is 1. The number of carbonyl (C=O) groups is 1. The first kappa shape index (κ1) is 17.7. The Labute approximate surface area is 157 Å². The lowest BCUT2D eigenvalue weighted by molar-refractivity contribution is -0.115. The van der Waals surface area contributed by atoms with Gasteiger partial charge in [-0.3, -0.25) is 4.79 Å². The molecule has 0 unspecified atom stereocenters. The van der Waals surface area contributed by atoms with Crippen LogP contribution in [0.3, 0.4) is 0 Å². The van der Waals surface area contributed by atoms with E-state index in [1.807, 2.05) is 0 Å². The van der Waals surface area contributed by atoms with Crippen molar-refractivity contribution >= 4 is 46.6 Å². The van der Waals surface area contributed by atoms with Gasteiger partial charge in [-0.25, -0.2) is 4.68 Å². The van der Waals surface area contributed by atoms with E-state index in [0.29, 0.717) is 32.5 Å². The van der Waals surface area contributed by atoms with E-state index in [0.717, 1.165) is 0 Å². The van der Waals surface area contributed by atoms with E-state index in [2.05, 4.69) is 15.5 Å². The van der Waals surface area contributed by atoms with Gasteiger partial charge in [0.15, 0.2) is 5.76 Å². The summed E-state index contributed by atoms with van der Waals surface area (Å²) in [4.78, 5) is 12.4. The number of nitrogens with two attached hydrogens (primary N) is 1. The molecule has 0 spiro atoms. The molecule has 2 heterocycles. The number of thioether (sulfide) groups is 1. The summed E-state index contributed by atoms with van der Waals surface area (Å²) in [5, 5.41) is 11.5. The van der Waals surface area contributed by atoms with Gasteiger partial charge in [-0.1, -0.05) is 35.0 Å². The van der Waals surface area contributed by atoms with Crippen LogP contribution in [0.1, 0.15) is 6.92 Å². The van der Waals surface area contributed by atoms with Crippen molar-refractivity contribution in [3.8, 4) is 11.6 Å². The molecule has 0 fully saturated rings. The normalized spacial score (nSPS) is 12.1. The van der Waals surface area contributed by atoms with E-state index in [-0.39, 0.29) is 5.91 Å². The Kier molecular flexibility index (Phi) is 5.22. The molecule has 0 saturated carbocycles. The minimum atomic E-state index is -0.484. The fourth-order valence-electron chi connectivity index (χ4n) is 1.97. The summed E-state index contributed by atoms with van der Waals surface area (Å²) in [7, 11) is 0. The highest BCUT2D eigenvalue weighted by molar-refractivity contribution is 8.00. The third-order valence-corrected chi connectivity index (χ3v) is 4.85. The fourth-order valence-corrected chi connectivity index (χ4v) is 3.19. The Morgan fingerprint density at radius 3 is 2.84 bits per heavy atom. The van der Waals surface area contributed by atoms with Crippen molar-refractivity contribution in [3.63, 3.8) is 0 Å². The van der Waals surface area contributed by atoms with E-state index >= 15 is 0 Å². The van der Waals surface area contributed by atoms with E-state index in [9.17, 15) is 4.79 Å². The zero-order chi connectivity index (χ0) is 18.0. The van der Waals surface area contributed by atoms with Crippen LogP contribution >= 0.6 is 35.0 Å². The van der Waals surface area contributed by atoms with Gasteiger partial charge < -0.3 is 15.6 Å². The molecule has 3 rings (SSSR count). The number of carbonyl (C=O) groups excluding carboxylic acids is 1. The van der Waals surface area contributed by atoms with Crippen molar-refractivity contribution in [2.45, 2.75) is 17.3 Å². The van der Waals surface area contributed by atoms with Gasteiger partial charge in [-0.2, -0.15) is 0 Å². The summed E-state index contributed by atoms with van der Waals surface area (Å²) in [6.45, 7) is 1.73. The number of furan rings is 1. The number of hydrogen-bond donors (Lipinski definition) is 2. The van der Waals surface area contributed by atoms with Crippen LogP contribution in [-0.4, -0.2) is 26.0 Å². The van der Waals surface area contributed by atoms with Crippen molar-refractivity contribution in [1.29, 1.82) is 0 Å². The number of nitrogen functional groups attached to an aromatic ring is 1. The summed E-state index contributed by atoms with van der Waals surface area (Å²) in [6.07, 6.45) is 1.52. The maximum absolute atomic E-state index is 12.4.